The number of hydrogen-bond acceptors (Lipinski definition) is 5. The molecule has 1 atom stereocenters. The van der Waals surface area contributed by atoms with Gasteiger partial charge < -0.3 is 9.30 Å². The minimum Gasteiger partial charge on any atom is -0.486 e. The van der Waals surface area contributed by atoms with Crippen LogP contribution in [0, 0.1) is 0 Å². The van der Waals surface area contributed by atoms with Gasteiger partial charge in [-0.1, -0.05) is 47.6 Å². The first-order valence-corrected chi connectivity index (χ1v) is 10.5. The maximum atomic E-state index is 12.9. The molecule has 0 spiro atoms. The van der Waals surface area contributed by atoms with Gasteiger partial charge in [0.15, 0.2) is 16.8 Å². The lowest BCUT2D eigenvalue weighted by Gasteiger charge is -2.22. The zero-order chi connectivity index (χ0) is 19.5. The standard InChI is InChI=1S/C21H20ClN3O2S/c1-2-25-19(13-27-16-10-8-15(22)9-11-16)23-24-21(25)28-18-12-7-14-5-3-4-6-17(14)20(18)26/h3-6,8-11,18H,2,7,12-13H2,1H3/t18-/m1/s1. The van der Waals surface area contributed by atoms with Gasteiger partial charge in [0.05, 0.1) is 5.25 Å². The maximum absolute atomic E-state index is 12.9. The smallest absolute Gasteiger partial charge is 0.192 e. The van der Waals surface area contributed by atoms with Crippen LogP contribution in [-0.2, 0) is 19.6 Å². The first-order chi connectivity index (χ1) is 13.7. The molecule has 0 fully saturated rings. The summed E-state index contributed by atoms with van der Waals surface area (Å²) in [5.74, 6) is 1.64. The Kier molecular flexibility index (Phi) is 5.69. The van der Waals surface area contributed by atoms with Gasteiger partial charge >= 0.3 is 0 Å². The van der Waals surface area contributed by atoms with E-state index in [-0.39, 0.29) is 11.0 Å². The van der Waals surface area contributed by atoms with E-state index in [4.69, 9.17) is 16.3 Å². The molecule has 3 aromatic rings. The molecule has 1 aliphatic carbocycles. The van der Waals surface area contributed by atoms with E-state index in [2.05, 4.69) is 10.2 Å². The van der Waals surface area contributed by atoms with Gasteiger partial charge in [-0.15, -0.1) is 10.2 Å². The van der Waals surface area contributed by atoms with Gasteiger partial charge in [-0.05, 0) is 49.6 Å². The van der Waals surface area contributed by atoms with Gasteiger partial charge in [0, 0.05) is 17.1 Å². The number of hydrogen-bond donors (Lipinski definition) is 0. The first kappa shape index (κ1) is 19.0. The van der Waals surface area contributed by atoms with Gasteiger partial charge in [-0.25, -0.2) is 0 Å². The minimum atomic E-state index is -0.130. The fraction of sp³-hybridized carbons (Fsp3) is 0.286. The molecule has 0 radical (unpaired) electrons. The van der Waals surface area contributed by atoms with E-state index >= 15 is 0 Å². The summed E-state index contributed by atoms with van der Waals surface area (Å²) in [6.45, 7) is 3.06. The van der Waals surface area contributed by atoms with Crippen molar-refractivity contribution in [1.82, 2.24) is 14.8 Å². The molecular weight excluding hydrogens is 394 g/mol. The van der Waals surface area contributed by atoms with Crippen LogP contribution in [0.3, 0.4) is 0 Å². The van der Waals surface area contributed by atoms with Gasteiger partial charge in [-0.3, -0.25) is 4.79 Å². The van der Waals surface area contributed by atoms with Gasteiger partial charge in [-0.2, -0.15) is 0 Å². The zero-order valence-electron chi connectivity index (χ0n) is 15.5. The van der Waals surface area contributed by atoms with Crippen molar-refractivity contribution < 1.29 is 9.53 Å². The van der Waals surface area contributed by atoms with Crippen molar-refractivity contribution in [3.8, 4) is 5.75 Å². The summed E-state index contributed by atoms with van der Waals surface area (Å²) in [6.07, 6.45) is 1.72. The molecule has 0 saturated carbocycles. The largest absolute Gasteiger partial charge is 0.486 e. The third-order valence-electron chi connectivity index (χ3n) is 4.79. The SMILES string of the molecule is CCn1c(COc2ccc(Cl)cc2)nnc1S[C@@H]1CCc2ccccc2C1=O. The van der Waals surface area contributed by atoms with Crippen LogP contribution in [0.1, 0.15) is 35.1 Å². The van der Waals surface area contributed by atoms with Crippen LogP contribution in [0.2, 0.25) is 5.02 Å². The Labute approximate surface area is 173 Å². The fourth-order valence-corrected chi connectivity index (χ4v) is 4.62. The van der Waals surface area contributed by atoms with Crippen molar-refractivity contribution in [3.63, 3.8) is 0 Å². The Morgan fingerprint density at radius 3 is 2.75 bits per heavy atom. The number of ether oxygens (including phenoxy) is 1. The fourth-order valence-electron chi connectivity index (χ4n) is 3.32. The molecule has 7 heteroatoms. The number of carbonyl (C=O) groups excluding carboxylic acids is 1. The highest BCUT2D eigenvalue weighted by Gasteiger charge is 2.29. The summed E-state index contributed by atoms with van der Waals surface area (Å²) < 4.78 is 7.81. The second kappa shape index (κ2) is 8.37. The van der Waals surface area contributed by atoms with E-state index in [0.29, 0.717) is 18.2 Å². The Morgan fingerprint density at radius 1 is 1.18 bits per heavy atom. The number of fused-ring (bicyclic) bond motifs is 1. The number of rotatable bonds is 6. The average molecular weight is 414 g/mol. The number of aromatic nitrogens is 3. The number of carbonyl (C=O) groups is 1. The van der Waals surface area contributed by atoms with E-state index in [0.717, 1.165) is 40.7 Å². The number of ketones is 1. The van der Waals surface area contributed by atoms with E-state index in [1.807, 2.05) is 47.9 Å². The number of Topliss-reactive ketones (excluding diaryl/α,β-unsaturated/α-hetero) is 1. The lowest BCUT2D eigenvalue weighted by molar-refractivity contribution is 0.0979. The summed E-state index contributed by atoms with van der Waals surface area (Å²) in [5.41, 5.74) is 1.97. The number of halogens is 1. The number of aryl methyl sites for hydroxylation is 1. The van der Waals surface area contributed by atoms with Crippen LogP contribution >= 0.6 is 23.4 Å². The molecule has 0 N–H and O–H groups in total. The Hall–Kier alpha value is -2.31. The molecule has 28 heavy (non-hydrogen) atoms. The van der Waals surface area contributed by atoms with Crippen molar-refractivity contribution in [3.05, 3.63) is 70.5 Å². The molecule has 0 bridgehead atoms. The van der Waals surface area contributed by atoms with Crippen LogP contribution < -0.4 is 4.74 Å². The summed E-state index contributed by atoms with van der Waals surface area (Å²) >= 11 is 7.40. The molecule has 1 heterocycles. The molecule has 0 unspecified atom stereocenters. The summed E-state index contributed by atoms with van der Waals surface area (Å²) in [6, 6.07) is 15.1. The van der Waals surface area contributed by atoms with Crippen LogP contribution in [0.25, 0.3) is 0 Å². The summed E-state index contributed by atoms with van der Waals surface area (Å²) in [7, 11) is 0. The number of thioether (sulfide) groups is 1. The highest BCUT2D eigenvalue weighted by molar-refractivity contribution is 8.00. The monoisotopic (exact) mass is 413 g/mol. The Bertz CT molecular complexity index is 988. The summed E-state index contributed by atoms with van der Waals surface area (Å²) in [5, 5.41) is 9.90. The second-order valence-electron chi connectivity index (χ2n) is 6.55. The molecule has 144 valence electrons. The molecule has 0 saturated heterocycles. The maximum Gasteiger partial charge on any atom is 0.192 e. The van der Waals surface area contributed by atoms with Crippen molar-refractivity contribution in [2.45, 2.75) is 43.3 Å². The Morgan fingerprint density at radius 2 is 1.96 bits per heavy atom. The minimum absolute atomic E-state index is 0.130. The third-order valence-corrected chi connectivity index (χ3v) is 6.29. The van der Waals surface area contributed by atoms with E-state index < -0.39 is 0 Å². The average Bonchev–Trinajstić information content (AvgIpc) is 3.11. The predicted octanol–water partition coefficient (Wildman–Crippen LogP) is 4.82. The topological polar surface area (TPSA) is 57.0 Å². The Balaban J connectivity index is 1.47. The number of benzene rings is 2. The second-order valence-corrected chi connectivity index (χ2v) is 8.16. The van der Waals surface area contributed by atoms with Crippen LogP contribution in [-0.4, -0.2) is 25.8 Å². The first-order valence-electron chi connectivity index (χ1n) is 9.25. The van der Waals surface area contributed by atoms with Crippen LogP contribution in [0.15, 0.2) is 53.7 Å². The normalized spacial score (nSPS) is 16.1. The molecule has 1 aliphatic rings. The molecular formula is C21H20ClN3O2S. The number of nitrogens with zero attached hydrogens (tertiary/aromatic N) is 3. The van der Waals surface area contributed by atoms with Gasteiger partial charge in [0.1, 0.15) is 12.4 Å². The molecule has 2 aromatic carbocycles. The van der Waals surface area contributed by atoms with Crippen LogP contribution in [0.4, 0.5) is 0 Å². The lowest BCUT2D eigenvalue weighted by atomic mass is 9.90. The van der Waals surface area contributed by atoms with E-state index in [9.17, 15) is 4.79 Å². The van der Waals surface area contributed by atoms with Crippen molar-refractivity contribution in [2.75, 3.05) is 0 Å². The molecule has 0 amide bonds. The molecule has 0 aliphatic heterocycles. The van der Waals surface area contributed by atoms with Gasteiger partial charge in [0.25, 0.3) is 0 Å². The lowest BCUT2D eigenvalue weighted by Crippen LogP contribution is -2.25. The quantitative estimate of drug-likeness (QED) is 0.579. The highest BCUT2D eigenvalue weighted by atomic mass is 35.5. The van der Waals surface area contributed by atoms with Crippen LogP contribution in [0.5, 0.6) is 5.75 Å². The predicted molar refractivity (Wildman–Crippen MR) is 110 cm³/mol. The van der Waals surface area contributed by atoms with Crippen molar-refractivity contribution in [2.24, 2.45) is 0 Å². The summed E-state index contributed by atoms with van der Waals surface area (Å²) in [4.78, 5) is 12.9. The van der Waals surface area contributed by atoms with Crippen molar-refractivity contribution >= 4 is 29.1 Å². The van der Waals surface area contributed by atoms with Crippen molar-refractivity contribution in [1.29, 1.82) is 0 Å². The molecule has 5 nitrogen and oxygen atoms in total. The van der Waals surface area contributed by atoms with E-state index in [1.54, 1.807) is 12.1 Å². The van der Waals surface area contributed by atoms with Gasteiger partial charge in [0.2, 0.25) is 0 Å². The zero-order valence-corrected chi connectivity index (χ0v) is 17.0. The molecule has 4 rings (SSSR count). The van der Waals surface area contributed by atoms with E-state index in [1.165, 1.54) is 11.8 Å². The molecule has 1 aromatic heterocycles. The third kappa shape index (κ3) is 3.93. The highest BCUT2D eigenvalue weighted by Crippen LogP contribution is 2.33.